The number of hydrogen-bond acceptors (Lipinski definition) is 1. The molecule has 33 heavy (non-hydrogen) atoms. The summed E-state index contributed by atoms with van der Waals surface area (Å²) in [4.78, 5) is 10.8. The van der Waals surface area contributed by atoms with Crippen LogP contribution < -0.4 is 15.9 Å². The molecule has 3 aromatic rings. The van der Waals surface area contributed by atoms with Crippen molar-refractivity contribution >= 4 is 58.4 Å². The zero-order valence-electron chi connectivity index (χ0n) is 27.1. The van der Waals surface area contributed by atoms with Gasteiger partial charge in [0.1, 0.15) is 5.78 Å². The summed E-state index contributed by atoms with van der Waals surface area (Å²) in [6.45, 7) is 2.38. The van der Waals surface area contributed by atoms with Gasteiger partial charge in [0, 0.05) is 17.2 Å². The first kappa shape index (κ1) is 18.1. The fourth-order valence-corrected chi connectivity index (χ4v) is 11.1. The summed E-state index contributed by atoms with van der Waals surface area (Å²) >= 11 is 7.29. The van der Waals surface area contributed by atoms with Crippen LogP contribution in [0.2, 0.25) is 0 Å². The van der Waals surface area contributed by atoms with Gasteiger partial charge in [-0.3, -0.25) is 0 Å². The van der Waals surface area contributed by atoms with E-state index in [1.807, 2.05) is 54.6 Å². The topological polar surface area (TPSA) is 17.1 Å². The molecule has 3 aromatic carbocycles. The van der Waals surface area contributed by atoms with Crippen molar-refractivity contribution in [3.8, 4) is 0 Å². The maximum atomic E-state index is 10.8. The third kappa shape index (κ3) is 7.35. The van der Waals surface area contributed by atoms with Gasteiger partial charge in [-0.15, -0.1) is 0 Å². The minimum absolute atomic E-state index is 0.0143. The van der Waals surface area contributed by atoms with Crippen molar-refractivity contribution < 1.29 is 15.8 Å². The zero-order valence-corrected chi connectivity index (χ0v) is 23.2. The van der Waals surface area contributed by atoms with Gasteiger partial charge < -0.3 is 4.79 Å². The molecule has 0 fully saturated rings. The standard InChI is InChI=1S/C23H26BrP.C6H11BrO/c1-2-3-13-20-25(24,21-14-7-4-8-15-21,22-16-9-5-10-17-22)23-18-11-6-12-19-23;1-6(8)4-2-3-5-7/h4-12,14-19H,2-3,13,20H2,1H3;2-5H2,1H3/i2D2,3D2;2D2,4D2. The van der Waals surface area contributed by atoms with Gasteiger partial charge in [0.15, 0.2) is 0 Å². The average molecular weight is 600 g/mol. The molecule has 0 unspecified atom stereocenters. The van der Waals surface area contributed by atoms with Gasteiger partial charge in [0.05, 0.1) is 0 Å². The van der Waals surface area contributed by atoms with E-state index in [4.69, 9.17) is 11.0 Å². The molecule has 178 valence electrons. The van der Waals surface area contributed by atoms with E-state index in [0.717, 1.165) is 22.8 Å². The Morgan fingerprint density at radius 1 is 0.788 bits per heavy atom. The molecular formula is C29H37Br2OP. The van der Waals surface area contributed by atoms with E-state index in [-0.39, 0.29) is 12.8 Å². The second-order valence-corrected chi connectivity index (χ2v) is 17.2. The van der Waals surface area contributed by atoms with E-state index in [0.29, 0.717) is 11.5 Å². The molecule has 0 spiro atoms. The average Bonchev–Trinajstić information content (AvgIpc) is 2.93. The molecule has 0 saturated heterocycles. The van der Waals surface area contributed by atoms with E-state index >= 15 is 0 Å². The summed E-state index contributed by atoms with van der Waals surface area (Å²) in [7, 11) is 0. The molecule has 0 saturated carbocycles. The van der Waals surface area contributed by atoms with E-state index in [1.54, 1.807) is 0 Å². The summed E-state index contributed by atoms with van der Waals surface area (Å²) in [6.07, 6.45) is -7.81. The van der Waals surface area contributed by atoms with Gasteiger partial charge in [0.25, 0.3) is 0 Å². The SMILES string of the molecule is [2H]C([2H])(C)C([2H])([2H])CCP(Br)(c1ccccc1)(c1ccccc1)c1ccccc1.[2H]C([2H])(CCBr)C([2H])([2H])C(C)=O. The molecule has 0 heterocycles. The second kappa shape index (κ2) is 14.2. The number of benzene rings is 3. The number of halogens is 2. The summed E-state index contributed by atoms with van der Waals surface area (Å²) in [5, 5.41) is 0.460. The summed E-state index contributed by atoms with van der Waals surface area (Å²) in [5.74, 6) is -0.770. The van der Waals surface area contributed by atoms with Gasteiger partial charge in [-0.05, 0) is 19.7 Å². The Hall–Kier alpha value is -1.28. The Labute approximate surface area is 228 Å². The molecule has 1 nitrogen and oxygen atoms in total. The van der Waals surface area contributed by atoms with Crippen LogP contribution in [-0.2, 0) is 4.79 Å². The van der Waals surface area contributed by atoms with Gasteiger partial charge >= 0.3 is 165 Å². The molecule has 0 N–H and O–H groups in total. The normalized spacial score (nSPS) is 17.5. The van der Waals surface area contributed by atoms with Crippen molar-refractivity contribution in [1.29, 1.82) is 0 Å². The quantitative estimate of drug-likeness (QED) is 0.160. The van der Waals surface area contributed by atoms with Crippen molar-refractivity contribution in [2.45, 2.75) is 52.2 Å². The monoisotopic (exact) mass is 598 g/mol. The first-order valence-corrected chi connectivity index (χ1v) is 16.4. The van der Waals surface area contributed by atoms with Gasteiger partial charge in [-0.25, -0.2) is 0 Å². The molecule has 4 heteroatoms. The van der Waals surface area contributed by atoms with Crippen LogP contribution in [0, 0.1) is 0 Å². The second-order valence-electron chi connectivity index (χ2n) is 7.39. The van der Waals surface area contributed by atoms with E-state index < -0.39 is 36.6 Å². The Bertz CT molecular complexity index is 1170. The summed E-state index contributed by atoms with van der Waals surface area (Å²) in [6, 6.07) is 30.6. The van der Waals surface area contributed by atoms with E-state index in [1.165, 1.54) is 6.92 Å². The Balaban J connectivity index is 0.000000415. The minimum Gasteiger partial charge on any atom is -0.300 e. The number of alkyl halides is 1. The van der Waals surface area contributed by atoms with Crippen molar-refractivity contribution in [3.05, 3.63) is 91.0 Å². The Morgan fingerprint density at radius 2 is 1.21 bits per heavy atom. The van der Waals surface area contributed by atoms with Crippen LogP contribution in [0.1, 0.15) is 63.1 Å². The molecule has 0 bridgehead atoms. The fourth-order valence-electron chi connectivity index (χ4n) is 3.68. The van der Waals surface area contributed by atoms with Crippen LogP contribution in [0.4, 0.5) is 0 Å². The minimum atomic E-state index is -3.22. The third-order valence-electron chi connectivity index (χ3n) is 5.20. The smallest absolute Gasteiger partial charge is 0.129 e. The maximum Gasteiger partial charge on any atom is 0.129 e. The molecule has 0 radical (unpaired) electrons. The largest absolute Gasteiger partial charge is 0.300 e. The molecule has 0 atom stereocenters. The molecular weight excluding hydrogens is 555 g/mol. The molecule has 0 aliphatic heterocycles. The summed E-state index contributed by atoms with van der Waals surface area (Å²) in [5.41, 5.74) is 0. The molecule has 0 aliphatic rings. The number of ketones is 1. The first-order valence-electron chi connectivity index (χ1n) is 14.8. The Kier molecular flexibility index (Phi) is 7.77. The fraction of sp³-hybridized carbons (Fsp3) is 0.345. The van der Waals surface area contributed by atoms with Crippen molar-refractivity contribution in [2.75, 3.05) is 11.5 Å². The third-order valence-corrected chi connectivity index (χ3v) is 15.5. The van der Waals surface area contributed by atoms with Crippen LogP contribution in [0.3, 0.4) is 0 Å². The van der Waals surface area contributed by atoms with Crippen LogP contribution in [0.25, 0.3) is 0 Å². The predicted molar refractivity (Wildman–Crippen MR) is 157 cm³/mol. The van der Waals surface area contributed by atoms with Crippen molar-refractivity contribution in [2.24, 2.45) is 0 Å². The van der Waals surface area contributed by atoms with Gasteiger partial charge in [-0.2, -0.15) is 0 Å². The van der Waals surface area contributed by atoms with Crippen LogP contribution in [0.5, 0.6) is 0 Å². The number of carbonyl (C=O) groups excluding carboxylic acids is 1. The molecule has 3 rings (SSSR count). The van der Waals surface area contributed by atoms with Gasteiger partial charge in [0.2, 0.25) is 0 Å². The molecule has 0 aromatic heterocycles. The van der Waals surface area contributed by atoms with Crippen molar-refractivity contribution in [3.63, 3.8) is 0 Å². The van der Waals surface area contributed by atoms with Crippen LogP contribution in [-0.4, -0.2) is 17.3 Å². The number of Topliss-reactive ketones (excluding diaryl/α,β-unsaturated/α-hetero) is 1. The van der Waals surface area contributed by atoms with Crippen LogP contribution in [0.15, 0.2) is 91.0 Å². The first-order chi connectivity index (χ1) is 18.8. The Morgan fingerprint density at radius 3 is 1.55 bits per heavy atom. The summed E-state index contributed by atoms with van der Waals surface area (Å²) < 4.78 is 61.9. The van der Waals surface area contributed by atoms with Gasteiger partial charge in [-0.1, -0.05) is 15.9 Å². The number of hydrogen-bond donors (Lipinski definition) is 0. The van der Waals surface area contributed by atoms with Crippen molar-refractivity contribution in [1.82, 2.24) is 0 Å². The maximum absolute atomic E-state index is 10.8. The molecule has 0 amide bonds. The van der Waals surface area contributed by atoms with E-state index in [2.05, 4.69) is 67.8 Å². The number of carbonyl (C=O) groups is 1. The number of rotatable bonds is 11. The van der Waals surface area contributed by atoms with E-state index in [9.17, 15) is 4.79 Å². The molecule has 0 aliphatic carbocycles. The zero-order chi connectivity index (χ0) is 31.2. The predicted octanol–water partition coefficient (Wildman–Crippen LogP) is 8.16. The van der Waals surface area contributed by atoms with Crippen LogP contribution >= 0.6 is 36.7 Å².